The molecule has 0 atom stereocenters. The second-order valence-electron chi connectivity index (χ2n) is 5.66. The quantitative estimate of drug-likeness (QED) is 0.428. The van der Waals surface area contributed by atoms with E-state index in [1.165, 1.54) is 11.8 Å². The van der Waals surface area contributed by atoms with Gasteiger partial charge in [-0.05, 0) is 47.7 Å². The summed E-state index contributed by atoms with van der Waals surface area (Å²) >= 11 is 7.38. The van der Waals surface area contributed by atoms with Crippen molar-refractivity contribution in [2.75, 3.05) is 5.75 Å². The van der Waals surface area contributed by atoms with Gasteiger partial charge in [-0.3, -0.25) is 4.79 Å². The Kier molecular flexibility index (Phi) is 6.93. The summed E-state index contributed by atoms with van der Waals surface area (Å²) in [5.41, 5.74) is -3.21. The van der Waals surface area contributed by atoms with E-state index in [0.29, 0.717) is 22.7 Å². The minimum atomic E-state index is -5.02. The molecule has 0 spiro atoms. The van der Waals surface area contributed by atoms with Crippen LogP contribution < -0.4 is 5.32 Å². The van der Waals surface area contributed by atoms with Crippen LogP contribution >= 0.6 is 23.4 Å². The molecule has 1 amide bonds. The zero-order valence-electron chi connectivity index (χ0n) is 14.3. The number of carbonyl (C=O) groups is 1. The van der Waals surface area contributed by atoms with Crippen LogP contribution in [0.2, 0.25) is 5.02 Å². The summed E-state index contributed by atoms with van der Waals surface area (Å²) in [4.78, 5) is 13.0. The van der Waals surface area contributed by atoms with Crippen LogP contribution in [0.15, 0.2) is 41.3 Å². The standard InChI is InChI=1S/C18H14ClF6NOS/c1-2-28-15-4-3-14(19)7-11(15)9-26-16(27)10-5-12(17(20,21)22)8-13(6-10)18(23,24)25/h3-8H,2,9H2,1H3,(H,26,27). The lowest BCUT2D eigenvalue weighted by atomic mass is 10.0. The molecule has 0 unspecified atom stereocenters. The van der Waals surface area contributed by atoms with Crippen molar-refractivity contribution in [1.29, 1.82) is 0 Å². The van der Waals surface area contributed by atoms with Gasteiger partial charge in [0.1, 0.15) is 0 Å². The van der Waals surface area contributed by atoms with E-state index in [1.54, 1.807) is 18.2 Å². The van der Waals surface area contributed by atoms with Gasteiger partial charge in [-0.2, -0.15) is 26.3 Å². The molecule has 28 heavy (non-hydrogen) atoms. The molecule has 152 valence electrons. The van der Waals surface area contributed by atoms with E-state index in [1.807, 2.05) is 6.92 Å². The summed E-state index contributed by atoms with van der Waals surface area (Å²) in [5.74, 6) is -0.324. The van der Waals surface area contributed by atoms with Crippen LogP contribution in [0.5, 0.6) is 0 Å². The van der Waals surface area contributed by atoms with Gasteiger partial charge in [0.25, 0.3) is 5.91 Å². The Labute approximate surface area is 166 Å². The highest BCUT2D eigenvalue weighted by atomic mass is 35.5. The summed E-state index contributed by atoms with van der Waals surface area (Å²) < 4.78 is 77.5. The van der Waals surface area contributed by atoms with E-state index in [2.05, 4.69) is 5.32 Å². The van der Waals surface area contributed by atoms with Crippen LogP contribution in [0.3, 0.4) is 0 Å². The van der Waals surface area contributed by atoms with Crippen LogP contribution in [0.4, 0.5) is 26.3 Å². The summed E-state index contributed by atoms with van der Waals surface area (Å²) in [6.07, 6.45) is -10.0. The minimum absolute atomic E-state index is 0.0241. The van der Waals surface area contributed by atoms with Crippen molar-refractivity contribution >= 4 is 29.3 Å². The van der Waals surface area contributed by atoms with Gasteiger partial charge in [0.05, 0.1) is 11.1 Å². The van der Waals surface area contributed by atoms with E-state index in [4.69, 9.17) is 11.6 Å². The largest absolute Gasteiger partial charge is 0.416 e. The molecular weight excluding hydrogens is 428 g/mol. The van der Waals surface area contributed by atoms with Crippen LogP contribution in [0, 0.1) is 0 Å². The topological polar surface area (TPSA) is 29.1 Å². The Morgan fingerprint density at radius 3 is 2.07 bits per heavy atom. The highest BCUT2D eigenvalue weighted by Crippen LogP contribution is 2.36. The number of alkyl halides is 6. The molecule has 0 bridgehead atoms. The number of benzene rings is 2. The molecule has 0 heterocycles. The highest BCUT2D eigenvalue weighted by molar-refractivity contribution is 7.99. The molecule has 0 radical (unpaired) electrons. The molecule has 0 saturated heterocycles. The van der Waals surface area contributed by atoms with Gasteiger partial charge in [-0.25, -0.2) is 0 Å². The third-order valence-corrected chi connectivity index (χ3v) is 4.84. The number of carbonyl (C=O) groups excluding carboxylic acids is 1. The zero-order chi connectivity index (χ0) is 21.1. The van der Waals surface area contributed by atoms with Gasteiger partial charge in [0.2, 0.25) is 0 Å². The maximum atomic E-state index is 12.9. The predicted octanol–water partition coefficient (Wildman–Crippen LogP) is 6.42. The lowest BCUT2D eigenvalue weighted by Crippen LogP contribution is -2.24. The first-order valence-electron chi connectivity index (χ1n) is 7.90. The molecule has 2 nitrogen and oxygen atoms in total. The summed E-state index contributed by atoms with van der Waals surface area (Å²) in [6.45, 7) is 1.81. The second-order valence-corrected chi connectivity index (χ2v) is 7.40. The number of rotatable bonds is 5. The summed E-state index contributed by atoms with van der Waals surface area (Å²) in [5, 5.41) is 2.74. The first kappa shape index (κ1) is 22.4. The van der Waals surface area contributed by atoms with Gasteiger partial charge in [0, 0.05) is 22.0 Å². The van der Waals surface area contributed by atoms with Crippen LogP contribution in [-0.4, -0.2) is 11.7 Å². The number of hydrogen-bond acceptors (Lipinski definition) is 2. The molecule has 2 aromatic carbocycles. The molecule has 0 aliphatic rings. The van der Waals surface area contributed by atoms with Crippen LogP contribution in [0.1, 0.15) is 34.0 Å². The number of halogens is 7. The molecule has 2 rings (SSSR count). The van der Waals surface area contributed by atoms with Gasteiger partial charge >= 0.3 is 12.4 Å². The number of thioether (sulfide) groups is 1. The number of hydrogen-bond donors (Lipinski definition) is 1. The van der Waals surface area contributed by atoms with Crippen molar-refractivity contribution in [2.45, 2.75) is 30.7 Å². The summed E-state index contributed by atoms with van der Waals surface area (Å²) in [6, 6.07) is 5.71. The van der Waals surface area contributed by atoms with E-state index in [-0.39, 0.29) is 12.6 Å². The van der Waals surface area contributed by atoms with E-state index in [0.717, 1.165) is 10.6 Å². The van der Waals surface area contributed by atoms with Crippen molar-refractivity contribution < 1.29 is 31.1 Å². The van der Waals surface area contributed by atoms with Gasteiger partial charge in [0.15, 0.2) is 0 Å². The maximum Gasteiger partial charge on any atom is 0.416 e. The normalized spacial score (nSPS) is 12.1. The lowest BCUT2D eigenvalue weighted by Gasteiger charge is -2.15. The average Bonchev–Trinajstić information content (AvgIpc) is 2.60. The maximum absolute atomic E-state index is 12.9. The second kappa shape index (κ2) is 8.65. The van der Waals surface area contributed by atoms with Gasteiger partial charge in [-0.1, -0.05) is 18.5 Å². The SMILES string of the molecule is CCSc1ccc(Cl)cc1CNC(=O)c1cc(C(F)(F)F)cc(C(F)(F)F)c1. The third-order valence-electron chi connectivity index (χ3n) is 3.61. The average molecular weight is 442 g/mol. The Bertz CT molecular complexity index is 834. The third kappa shape index (κ3) is 5.81. The van der Waals surface area contributed by atoms with E-state index >= 15 is 0 Å². The smallest absolute Gasteiger partial charge is 0.348 e. The molecule has 0 fully saturated rings. The lowest BCUT2D eigenvalue weighted by molar-refractivity contribution is -0.143. The van der Waals surface area contributed by atoms with E-state index < -0.39 is 35.0 Å². The monoisotopic (exact) mass is 441 g/mol. The molecule has 1 N–H and O–H groups in total. The Balaban J connectivity index is 2.31. The molecule has 10 heteroatoms. The zero-order valence-corrected chi connectivity index (χ0v) is 15.9. The van der Waals surface area contributed by atoms with Gasteiger partial charge < -0.3 is 5.32 Å². The molecule has 0 saturated carbocycles. The first-order chi connectivity index (χ1) is 12.9. The number of amides is 1. The van der Waals surface area contributed by atoms with Crippen molar-refractivity contribution in [1.82, 2.24) is 5.32 Å². The fourth-order valence-corrected chi connectivity index (χ4v) is 3.33. The fraction of sp³-hybridized carbons (Fsp3) is 0.278. The minimum Gasteiger partial charge on any atom is -0.348 e. The number of nitrogens with one attached hydrogen (secondary N) is 1. The van der Waals surface area contributed by atoms with Gasteiger partial charge in [-0.15, -0.1) is 11.8 Å². The Hall–Kier alpha value is -1.87. The fourth-order valence-electron chi connectivity index (χ4n) is 2.35. The van der Waals surface area contributed by atoms with Crippen LogP contribution in [0.25, 0.3) is 0 Å². The molecule has 0 aliphatic heterocycles. The first-order valence-corrected chi connectivity index (χ1v) is 9.27. The van der Waals surface area contributed by atoms with Crippen LogP contribution in [-0.2, 0) is 18.9 Å². The Morgan fingerprint density at radius 2 is 1.57 bits per heavy atom. The van der Waals surface area contributed by atoms with Crippen molar-refractivity contribution in [2.24, 2.45) is 0 Å². The molecule has 0 aromatic heterocycles. The van der Waals surface area contributed by atoms with Crippen molar-refractivity contribution in [3.05, 3.63) is 63.7 Å². The van der Waals surface area contributed by atoms with Crippen molar-refractivity contribution in [3.63, 3.8) is 0 Å². The highest BCUT2D eigenvalue weighted by Gasteiger charge is 2.37. The summed E-state index contributed by atoms with van der Waals surface area (Å²) in [7, 11) is 0. The Morgan fingerprint density at radius 1 is 1.00 bits per heavy atom. The predicted molar refractivity (Wildman–Crippen MR) is 95.5 cm³/mol. The van der Waals surface area contributed by atoms with E-state index in [9.17, 15) is 31.1 Å². The molecule has 0 aliphatic carbocycles. The molecule has 2 aromatic rings. The van der Waals surface area contributed by atoms with Crippen molar-refractivity contribution in [3.8, 4) is 0 Å². The molecular formula is C18H14ClF6NOS.